The molecular weight excluding hydrogens is 399 g/mol. The fourth-order valence-corrected chi connectivity index (χ4v) is 4.70. The van der Waals surface area contributed by atoms with Gasteiger partial charge in [-0.05, 0) is 54.2 Å². The second-order valence-corrected chi connectivity index (χ2v) is 8.07. The third-order valence-corrected chi connectivity index (χ3v) is 6.25. The monoisotopic (exact) mass is 416 g/mol. The van der Waals surface area contributed by atoms with Crippen molar-refractivity contribution in [1.82, 2.24) is 15.0 Å². The molecule has 0 aliphatic heterocycles. The predicted molar refractivity (Wildman–Crippen MR) is 115 cm³/mol. The van der Waals surface area contributed by atoms with Gasteiger partial charge in [0.2, 0.25) is 0 Å². The number of hydrogen-bond acceptors (Lipinski definition) is 5. The lowest BCUT2D eigenvalue weighted by Gasteiger charge is -2.09. The second-order valence-electron chi connectivity index (χ2n) is 7.07. The largest absolute Gasteiger partial charge is 0.317 e. The molecule has 5 nitrogen and oxygen atoms in total. The number of benzene rings is 1. The van der Waals surface area contributed by atoms with Crippen LogP contribution in [0.25, 0.3) is 21.6 Å². The summed E-state index contributed by atoms with van der Waals surface area (Å²) in [6.07, 6.45) is 8.85. The Morgan fingerprint density at radius 2 is 1.93 bits per heavy atom. The van der Waals surface area contributed by atoms with Gasteiger partial charge >= 0.3 is 0 Å². The smallest absolute Gasteiger partial charge is 0.284 e. The first-order valence-corrected chi connectivity index (χ1v) is 10.4. The van der Waals surface area contributed by atoms with Crippen molar-refractivity contribution in [3.63, 3.8) is 0 Å². The highest BCUT2D eigenvalue weighted by atomic mass is 32.1. The van der Waals surface area contributed by atoms with Gasteiger partial charge in [0.25, 0.3) is 5.91 Å². The highest BCUT2D eigenvalue weighted by molar-refractivity contribution is 7.17. The number of halogens is 1. The molecule has 0 fully saturated rings. The van der Waals surface area contributed by atoms with E-state index in [1.807, 2.05) is 18.3 Å². The maximum atomic E-state index is 13.8. The first-order chi connectivity index (χ1) is 14.7. The molecule has 0 spiro atoms. The summed E-state index contributed by atoms with van der Waals surface area (Å²) in [7, 11) is 0. The van der Waals surface area contributed by atoms with Crippen LogP contribution in [-0.2, 0) is 12.8 Å². The van der Waals surface area contributed by atoms with Crippen LogP contribution in [0.1, 0.15) is 27.5 Å². The summed E-state index contributed by atoms with van der Waals surface area (Å²) in [5, 5.41) is 2.93. The molecule has 1 aliphatic rings. The average Bonchev–Trinajstić information content (AvgIpc) is 3.13. The minimum atomic E-state index is -0.574. The lowest BCUT2D eigenvalue weighted by Crippen LogP contribution is -2.13. The Morgan fingerprint density at radius 1 is 1.03 bits per heavy atom. The summed E-state index contributed by atoms with van der Waals surface area (Å²) in [5.74, 6) is -0.987. The number of nitrogens with one attached hydrogen (secondary N) is 1. The molecule has 0 saturated heterocycles. The number of carbonyl (C=O) groups is 1. The fraction of sp³-hybridized carbons (Fsp3) is 0.130. The van der Waals surface area contributed by atoms with Crippen LogP contribution in [-0.4, -0.2) is 20.9 Å². The SMILES string of the molecule is O=C(Nc1ccncc1F)c1nc2c(s1)-c1cc(-c3cccnc3)ccc1CCC2. The third kappa shape index (κ3) is 3.48. The van der Waals surface area contributed by atoms with E-state index in [0.717, 1.165) is 52.7 Å². The standard InChI is InChI=1S/C23H17FN4OS/c24-18-13-26-10-8-19(18)27-22(29)23-28-20-5-1-3-14-6-7-15(11-17(14)21(20)30-23)16-4-2-9-25-12-16/h2,4,6-13H,1,3,5H2,(H,26,27,29). The Bertz CT molecular complexity index is 1240. The molecule has 0 saturated carbocycles. The zero-order valence-electron chi connectivity index (χ0n) is 15.9. The molecule has 0 bridgehead atoms. The summed E-state index contributed by atoms with van der Waals surface area (Å²) >= 11 is 1.35. The topological polar surface area (TPSA) is 67.8 Å². The molecular formula is C23H17FN4OS. The Balaban J connectivity index is 1.52. The Morgan fingerprint density at radius 3 is 2.77 bits per heavy atom. The van der Waals surface area contributed by atoms with Gasteiger partial charge in [0.05, 0.1) is 22.5 Å². The van der Waals surface area contributed by atoms with Crippen LogP contribution >= 0.6 is 11.3 Å². The van der Waals surface area contributed by atoms with Gasteiger partial charge in [0.1, 0.15) is 0 Å². The number of amides is 1. The minimum absolute atomic E-state index is 0.0969. The van der Waals surface area contributed by atoms with Crippen LogP contribution in [0.3, 0.4) is 0 Å². The molecule has 5 rings (SSSR count). The van der Waals surface area contributed by atoms with Crippen LogP contribution in [0.2, 0.25) is 0 Å². The van der Waals surface area contributed by atoms with Crippen molar-refractivity contribution < 1.29 is 9.18 Å². The molecule has 3 heterocycles. The maximum Gasteiger partial charge on any atom is 0.284 e. The molecule has 148 valence electrons. The summed E-state index contributed by atoms with van der Waals surface area (Å²) in [4.78, 5) is 26.2. The van der Waals surface area contributed by atoms with Crippen molar-refractivity contribution in [2.24, 2.45) is 0 Å². The summed E-state index contributed by atoms with van der Waals surface area (Å²) in [5.41, 5.74) is 5.49. The van der Waals surface area contributed by atoms with Crippen LogP contribution in [0.5, 0.6) is 0 Å². The van der Waals surface area contributed by atoms with Gasteiger partial charge in [-0.3, -0.25) is 14.8 Å². The molecule has 1 N–H and O–H groups in total. The fourth-order valence-electron chi connectivity index (χ4n) is 3.65. The summed E-state index contributed by atoms with van der Waals surface area (Å²) in [6, 6.07) is 11.8. The first kappa shape index (κ1) is 18.6. The van der Waals surface area contributed by atoms with E-state index in [2.05, 4.69) is 38.5 Å². The van der Waals surface area contributed by atoms with E-state index in [9.17, 15) is 9.18 Å². The molecule has 1 amide bonds. The number of anilines is 1. The highest BCUT2D eigenvalue weighted by Gasteiger charge is 2.23. The molecule has 0 radical (unpaired) electrons. The molecule has 0 atom stereocenters. The predicted octanol–water partition coefficient (Wildman–Crippen LogP) is 5.15. The number of carbonyl (C=O) groups excluding carboxylic acids is 1. The van der Waals surface area contributed by atoms with Gasteiger partial charge < -0.3 is 5.32 Å². The molecule has 30 heavy (non-hydrogen) atoms. The van der Waals surface area contributed by atoms with E-state index in [1.165, 1.54) is 29.2 Å². The van der Waals surface area contributed by atoms with Crippen molar-refractivity contribution in [3.8, 4) is 21.6 Å². The van der Waals surface area contributed by atoms with Gasteiger partial charge in [0, 0.05) is 24.2 Å². The zero-order valence-corrected chi connectivity index (χ0v) is 16.7. The number of aromatic nitrogens is 3. The Labute approximate surface area is 176 Å². The molecule has 0 unspecified atom stereocenters. The van der Waals surface area contributed by atoms with Crippen molar-refractivity contribution in [3.05, 3.63) is 83.3 Å². The minimum Gasteiger partial charge on any atom is -0.317 e. The Hall–Kier alpha value is -3.45. The normalized spacial score (nSPS) is 12.6. The highest BCUT2D eigenvalue weighted by Crippen LogP contribution is 2.39. The lowest BCUT2D eigenvalue weighted by atomic mass is 9.98. The molecule has 1 aliphatic carbocycles. The first-order valence-electron chi connectivity index (χ1n) is 9.63. The van der Waals surface area contributed by atoms with Gasteiger partial charge in [0.15, 0.2) is 10.8 Å². The lowest BCUT2D eigenvalue weighted by molar-refractivity contribution is 0.102. The quantitative estimate of drug-likeness (QED) is 0.502. The van der Waals surface area contributed by atoms with Crippen molar-refractivity contribution >= 4 is 22.9 Å². The van der Waals surface area contributed by atoms with Crippen LogP contribution in [0, 0.1) is 5.82 Å². The van der Waals surface area contributed by atoms with Crippen LogP contribution in [0.15, 0.2) is 61.2 Å². The van der Waals surface area contributed by atoms with Gasteiger partial charge in [-0.2, -0.15) is 0 Å². The number of pyridine rings is 2. The average molecular weight is 416 g/mol. The number of aryl methyl sites for hydroxylation is 2. The van der Waals surface area contributed by atoms with Crippen LogP contribution in [0.4, 0.5) is 10.1 Å². The molecule has 7 heteroatoms. The Kier molecular flexibility index (Phi) is 4.80. The van der Waals surface area contributed by atoms with Crippen LogP contribution < -0.4 is 5.32 Å². The third-order valence-electron chi connectivity index (χ3n) is 5.12. The van der Waals surface area contributed by atoms with Crippen molar-refractivity contribution in [2.75, 3.05) is 5.32 Å². The number of rotatable bonds is 3. The molecule has 4 aromatic rings. The van der Waals surface area contributed by atoms with E-state index >= 15 is 0 Å². The summed E-state index contributed by atoms with van der Waals surface area (Å²) < 4.78 is 13.8. The molecule has 1 aromatic carbocycles. The van der Waals surface area contributed by atoms with E-state index < -0.39 is 11.7 Å². The number of nitrogens with zero attached hydrogens (tertiary/aromatic N) is 3. The van der Waals surface area contributed by atoms with Crippen molar-refractivity contribution in [1.29, 1.82) is 0 Å². The summed E-state index contributed by atoms with van der Waals surface area (Å²) in [6.45, 7) is 0. The number of fused-ring (bicyclic) bond motifs is 3. The van der Waals surface area contributed by atoms with E-state index in [-0.39, 0.29) is 5.69 Å². The van der Waals surface area contributed by atoms with E-state index in [0.29, 0.717) is 5.01 Å². The van der Waals surface area contributed by atoms with E-state index in [1.54, 1.807) is 6.20 Å². The second kappa shape index (κ2) is 7.76. The number of thiazole rings is 1. The molecule has 3 aromatic heterocycles. The van der Waals surface area contributed by atoms with Crippen molar-refractivity contribution in [2.45, 2.75) is 19.3 Å². The number of hydrogen-bond donors (Lipinski definition) is 1. The van der Waals surface area contributed by atoms with E-state index in [4.69, 9.17) is 0 Å². The van der Waals surface area contributed by atoms with Gasteiger partial charge in [-0.25, -0.2) is 9.37 Å². The van der Waals surface area contributed by atoms with Gasteiger partial charge in [-0.15, -0.1) is 11.3 Å². The zero-order chi connectivity index (χ0) is 20.5. The maximum absolute atomic E-state index is 13.8. The van der Waals surface area contributed by atoms with Gasteiger partial charge in [-0.1, -0.05) is 18.2 Å².